The molecule has 0 aliphatic heterocycles. The van der Waals surface area contributed by atoms with Crippen molar-refractivity contribution < 1.29 is 5.11 Å². The number of halogens is 1. The van der Waals surface area contributed by atoms with E-state index in [1.54, 1.807) is 0 Å². The van der Waals surface area contributed by atoms with Crippen molar-refractivity contribution in [2.45, 2.75) is 44.2 Å². The van der Waals surface area contributed by atoms with Crippen LogP contribution in [-0.2, 0) is 0 Å². The number of hydrogen-bond donors (Lipinski definition) is 2. The van der Waals surface area contributed by atoms with Crippen LogP contribution in [0, 0.1) is 0 Å². The van der Waals surface area contributed by atoms with Crippen molar-refractivity contribution in [3.63, 3.8) is 0 Å². The molecule has 1 aliphatic rings. The molecule has 1 rings (SSSR count). The van der Waals surface area contributed by atoms with Gasteiger partial charge in [-0.3, -0.25) is 0 Å². The molecule has 0 heterocycles. The van der Waals surface area contributed by atoms with Crippen LogP contribution in [-0.4, -0.2) is 29.7 Å². The van der Waals surface area contributed by atoms with Crippen LogP contribution in [0.3, 0.4) is 0 Å². The van der Waals surface area contributed by atoms with Gasteiger partial charge in [-0.15, -0.1) is 11.6 Å². The highest BCUT2D eigenvalue weighted by atomic mass is 35.5. The lowest BCUT2D eigenvalue weighted by Crippen LogP contribution is -2.37. The average Bonchev–Trinajstić information content (AvgIpc) is 2.16. The molecule has 0 aromatic rings. The lowest BCUT2D eigenvalue weighted by molar-refractivity contribution is 0.184. The molecule has 12 heavy (non-hydrogen) atoms. The molecule has 1 saturated carbocycles. The van der Waals surface area contributed by atoms with E-state index in [1.807, 2.05) is 0 Å². The van der Waals surface area contributed by atoms with Gasteiger partial charge in [-0.2, -0.15) is 0 Å². The standard InChI is InChI=1S/C9H18ClNO/c10-6-9(12)7-11-8-4-2-1-3-5-8/h8-9,11-12H,1-7H2/t9-/m1/s1. The van der Waals surface area contributed by atoms with Crippen LogP contribution in [0.1, 0.15) is 32.1 Å². The summed E-state index contributed by atoms with van der Waals surface area (Å²) in [6, 6.07) is 0.622. The summed E-state index contributed by atoms with van der Waals surface area (Å²) in [5.74, 6) is 0.333. The topological polar surface area (TPSA) is 32.3 Å². The van der Waals surface area contributed by atoms with Gasteiger partial charge < -0.3 is 10.4 Å². The predicted molar refractivity (Wildman–Crippen MR) is 51.6 cm³/mol. The maximum Gasteiger partial charge on any atom is 0.0799 e. The van der Waals surface area contributed by atoms with E-state index in [-0.39, 0.29) is 6.10 Å². The van der Waals surface area contributed by atoms with Gasteiger partial charge in [0.1, 0.15) is 0 Å². The van der Waals surface area contributed by atoms with Crippen LogP contribution in [0.15, 0.2) is 0 Å². The molecule has 0 aromatic heterocycles. The quantitative estimate of drug-likeness (QED) is 0.661. The van der Waals surface area contributed by atoms with Crippen molar-refractivity contribution in [3.05, 3.63) is 0 Å². The molecule has 0 bridgehead atoms. The van der Waals surface area contributed by atoms with Crippen molar-refractivity contribution in [2.75, 3.05) is 12.4 Å². The van der Waals surface area contributed by atoms with Crippen molar-refractivity contribution in [1.82, 2.24) is 5.32 Å². The Bertz CT molecular complexity index is 115. The Morgan fingerprint density at radius 3 is 2.58 bits per heavy atom. The smallest absolute Gasteiger partial charge is 0.0799 e. The molecule has 1 atom stereocenters. The number of aliphatic hydroxyl groups excluding tert-OH is 1. The molecule has 0 aromatic carbocycles. The highest BCUT2D eigenvalue weighted by Gasteiger charge is 2.13. The van der Waals surface area contributed by atoms with E-state index in [4.69, 9.17) is 11.6 Å². The molecule has 2 nitrogen and oxygen atoms in total. The summed E-state index contributed by atoms with van der Waals surface area (Å²) < 4.78 is 0. The Balaban J connectivity index is 2.05. The second-order valence-electron chi connectivity index (χ2n) is 3.55. The fourth-order valence-corrected chi connectivity index (χ4v) is 1.77. The van der Waals surface area contributed by atoms with E-state index in [1.165, 1.54) is 32.1 Å². The summed E-state index contributed by atoms with van der Waals surface area (Å²) in [4.78, 5) is 0. The summed E-state index contributed by atoms with van der Waals surface area (Å²) in [7, 11) is 0. The van der Waals surface area contributed by atoms with Crippen LogP contribution in [0.4, 0.5) is 0 Å². The first-order chi connectivity index (χ1) is 5.83. The van der Waals surface area contributed by atoms with Gasteiger partial charge >= 0.3 is 0 Å². The van der Waals surface area contributed by atoms with Crippen LogP contribution < -0.4 is 5.32 Å². The van der Waals surface area contributed by atoms with Crippen molar-refractivity contribution in [2.24, 2.45) is 0 Å². The predicted octanol–water partition coefficient (Wildman–Crippen LogP) is 1.51. The maximum atomic E-state index is 9.19. The number of alkyl halides is 1. The first kappa shape index (κ1) is 10.3. The summed E-state index contributed by atoms with van der Waals surface area (Å²) >= 11 is 5.48. The van der Waals surface area contributed by atoms with Crippen molar-refractivity contribution in [3.8, 4) is 0 Å². The second kappa shape index (κ2) is 5.79. The molecule has 0 saturated heterocycles. The molecule has 1 aliphatic carbocycles. The highest BCUT2D eigenvalue weighted by Crippen LogP contribution is 2.17. The van der Waals surface area contributed by atoms with E-state index in [0.717, 1.165) is 0 Å². The summed E-state index contributed by atoms with van der Waals surface area (Å²) in [5, 5.41) is 12.5. The minimum absolute atomic E-state index is 0.333. The number of nitrogens with one attached hydrogen (secondary N) is 1. The third kappa shape index (κ3) is 3.74. The summed E-state index contributed by atoms with van der Waals surface area (Å²) in [6.07, 6.45) is 6.16. The molecule has 0 unspecified atom stereocenters. The van der Waals surface area contributed by atoms with Crippen LogP contribution in [0.25, 0.3) is 0 Å². The van der Waals surface area contributed by atoms with Crippen LogP contribution in [0.5, 0.6) is 0 Å². The van der Waals surface area contributed by atoms with Gasteiger partial charge in [-0.25, -0.2) is 0 Å². The Morgan fingerprint density at radius 1 is 1.33 bits per heavy atom. The third-order valence-corrected chi connectivity index (χ3v) is 2.78. The average molecular weight is 192 g/mol. The Hall–Kier alpha value is 0.210. The van der Waals surface area contributed by atoms with E-state index >= 15 is 0 Å². The molecule has 0 radical (unpaired) electrons. The lowest BCUT2D eigenvalue weighted by Gasteiger charge is -2.23. The van der Waals surface area contributed by atoms with Crippen molar-refractivity contribution in [1.29, 1.82) is 0 Å². The van der Waals surface area contributed by atoms with E-state index in [2.05, 4.69) is 5.32 Å². The summed E-state index contributed by atoms with van der Waals surface area (Å²) in [5.41, 5.74) is 0. The molecule has 72 valence electrons. The first-order valence-corrected chi connectivity index (χ1v) is 5.34. The molecule has 3 heteroatoms. The minimum atomic E-state index is -0.381. The Kier molecular flexibility index (Phi) is 4.96. The van der Waals surface area contributed by atoms with E-state index in [0.29, 0.717) is 18.5 Å². The largest absolute Gasteiger partial charge is 0.391 e. The van der Waals surface area contributed by atoms with E-state index in [9.17, 15) is 5.11 Å². The highest BCUT2D eigenvalue weighted by molar-refractivity contribution is 6.18. The van der Waals surface area contributed by atoms with Crippen LogP contribution in [0.2, 0.25) is 0 Å². The maximum absolute atomic E-state index is 9.19. The molecular weight excluding hydrogens is 174 g/mol. The Morgan fingerprint density at radius 2 is 2.00 bits per heavy atom. The lowest BCUT2D eigenvalue weighted by atomic mass is 9.95. The van der Waals surface area contributed by atoms with Gasteiger partial charge in [0.25, 0.3) is 0 Å². The van der Waals surface area contributed by atoms with E-state index < -0.39 is 0 Å². The number of aliphatic hydroxyl groups is 1. The molecule has 0 amide bonds. The Labute approximate surface area is 79.3 Å². The second-order valence-corrected chi connectivity index (χ2v) is 3.86. The zero-order chi connectivity index (χ0) is 8.81. The first-order valence-electron chi connectivity index (χ1n) is 4.80. The molecule has 0 spiro atoms. The fraction of sp³-hybridized carbons (Fsp3) is 1.00. The van der Waals surface area contributed by atoms with Gasteiger partial charge in [-0.1, -0.05) is 19.3 Å². The third-order valence-electron chi connectivity index (χ3n) is 2.43. The van der Waals surface area contributed by atoms with Crippen molar-refractivity contribution >= 4 is 11.6 Å². The zero-order valence-electron chi connectivity index (χ0n) is 7.43. The van der Waals surface area contributed by atoms with Gasteiger partial charge in [-0.05, 0) is 12.8 Å². The normalized spacial score (nSPS) is 22.5. The molecular formula is C9H18ClNO. The van der Waals surface area contributed by atoms with Gasteiger partial charge in [0.05, 0.1) is 6.10 Å². The number of rotatable bonds is 4. The zero-order valence-corrected chi connectivity index (χ0v) is 8.19. The monoisotopic (exact) mass is 191 g/mol. The van der Waals surface area contributed by atoms with Gasteiger partial charge in [0, 0.05) is 18.5 Å². The van der Waals surface area contributed by atoms with Crippen LogP contribution >= 0.6 is 11.6 Å². The SMILES string of the molecule is O[C@H](CCl)CNC1CCCCC1. The number of hydrogen-bond acceptors (Lipinski definition) is 2. The van der Waals surface area contributed by atoms with Gasteiger partial charge in [0.15, 0.2) is 0 Å². The minimum Gasteiger partial charge on any atom is -0.391 e. The fourth-order valence-electron chi connectivity index (χ4n) is 1.66. The molecule has 2 N–H and O–H groups in total. The summed E-state index contributed by atoms with van der Waals surface area (Å²) in [6.45, 7) is 0.647. The molecule has 1 fully saturated rings. The van der Waals surface area contributed by atoms with Gasteiger partial charge in [0.2, 0.25) is 0 Å².